The van der Waals surface area contributed by atoms with Crippen molar-refractivity contribution in [1.82, 2.24) is 30.9 Å². The second-order valence-corrected chi connectivity index (χ2v) is 23.5. The number of aliphatic hydroxyl groups excluding tert-OH is 8. The molecule has 89 heavy (non-hydrogen) atoms. The number of phenolic OH excluding ortho intramolecular Hbond substituents is 1. The normalized spacial score (nSPS) is 26.6. The number of nitrogens with one attached hydrogen (secondary N) is 3. The Morgan fingerprint density at radius 2 is 1.48 bits per heavy atom. The van der Waals surface area contributed by atoms with E-state index < -0.39 is 211 Å². The van der Waals surface area contributed by atoms with Crippen molar-refractivity contribution in [3.05, 3.63) is 83.9 Å². The van der Waals surface area contributed by atoms with Crippen LogP contribution in [0.3, 0.4) is 0 Å². The van der Waals surface area contributed by atoms with Gasteiger partial charge in [0.2, 0.25) is 29.5 Å². The van der Waals surface area contributed by atoms with Gasteiger partial charge in [0.05, 0.1) is 61.4 Å². The zero-order valence-electron chi connectivity index (χ0n) is 48.5. The van der Waals surface area contributed by atoms with Gasteiger partial charge in [0.25, 0.3) is 5.91 Å². The Kier molecular flexibility index (Phi) is 22.8. The molecule has 0 saturated carbocycles. The molecular formula is C58H73N7O23S. The van der Waals surface area contributed by atoms with Gasteiger partial charge in [-0.3, -0.25) is 42.9 Å². The van der Waals surface area contributed by atoms with Gasteiger partial charge in [-0.05, 0) is 67.4 Å². The Hall–Kier alpha value is -7.98. The van der Waals surface area contributed by atoms with Crippen LogP contribution in [0.2, 0.25) is 0 Å². The number of aromatic hydroxyl groups is 1. The number of primary amides is 1. The van der Waals surface area contributed by atoms with Gasteiger partial charge in [-0.15, -0.1) is 0 Å². The maximum absolute atomic E-state index is 14.8. The van der Waals surface area contributed by atoms with E-state index in [2.05, 4.69) is 26.9 Å². The minimum Gasteiger partial charge on any atom is -0.504 e. The number of phenols is 1. The molecule has 3 aliphatic rings. The van der Waals surface area contributed by atoms with E-state index in [4.69, 9.17) is 15.0 Å². The van der Waals surface area contributed by atoms with Gasteiger partial charge in [0.1, 0.15) is 47.6 Å². The lowest BCUT2D eigenvalue weighted by atomic mass is 9.80. The van der Waals surface area contributed by atoms with Gasteiger partial charge in [0.15, 0.2) is 29.3 Å². The number of fused-ring (bicyclic) bond motifs is 2. The molecule has 31 heteroatoms. The number of carbonyl (C=O) groups excluding carboxylic acids is 8. The van der Waals surface area contributed by atoms with Crippen LogP contribution in [0.15, 0.2) is 77.3 Å². The van der Waals surface area contributed by atoms with E-state index in [1.807, 2.05) is 5.32 Å². The third kappa shape index (κ3) is 17.1. The number of ether oxygens (including phenoxy) is 1. The molecular weight excluding hydrogens is 1190 g/mol. The Morgan fingerprint density at radius 3 is 2.12 bits per heavy atom. The molecule has 484 valence electrons. The number of nitrogens with two attached hydrogens (primary N) is 1. The Labute approximate surface area is 509 Å². The largest absolute Gasteiger partial charge is 0.504 e. The summed E-state index contributed by atoms with van der Waals surface area (Å²) >= 11 is 0. The first kappa shape index (κ1) is 68.5. The lowest BCUT2D eigenvalue weighted by Crippen LogP contribution is -2.60. The summed E-state index contributed by atoms with van der Waals surface area (Å²) in [6.07, 6.45) is -19.0. The van der Waals surface area contributed by atoms with Crippen LogP contribution in [0.25, 0.3) is 22.6 Å². The lowest BCUT2D eigenvalue weighted by Gasteiger charge is -2.33. The number of unbranched alkanes of at least 4 members (excludes halogenated alkanes) is 2. The summed E-state index contributed by atoms with van der Waals surface area (Å²) in [4.78, 5) is 115. The van der Waals surface area contributed by atoms with Crippen molar-refractivity contribution in [1.29, 1.82) is 0 Å². The van der Waals surface area contributed by atoms with E-state index in [0.29, 0.717) is 45.9 Å². The number of aromatic nitrogens is 1. The van der Waals surface area contributed by atoms with Gasteiger partial charge >= 0.3 is 10.4 Å². The molecule has 4 aromatic rings. The highest BCUT2D eigenvalue weighted by Crippen LogP contribution is 2.37. The Morgan fingerprint density at radius 1 is 0.820 bits per heavy atom. The molecule has 3 aromatic carbocycles. The standard InChI is InChI=1S/C58H73N7O23S/c1-4-5-6-17-86-34-14-11-30(12-15-34)45-23-37(63-87-45)29-7-9-31(10-8-29)53(77)60-38-22-44(72)55(79)62-56(80)49-50(74)27(2)25-65(49)57(81)36(42(70)24-47(59)73)21-41(69)35(52(76)51(75)32-13-16-40(68)46(18-32)88-89(83,84)85)20-43(71)39-19-33(67)26-64(39)58(82)48(28(3)66)61-54(38)78/h7-16,18,23,27-28,33,35-36,38-39,42,44,48-52,55,66-68,70,72,74-76,79H,4-6,17,19-22,24-26H2,1-3H3,(H2,59,73)(H,60,77)(H,61,78)(H,62,80)(H,83,84,85)/t27-,28+,33+,35+,36-,38-,39-,42+,44+,48-,49-,50-,51-,52-,55+/m0/s1. The lowest BCUT2D eigenvalue weighted by molar-refractivity contribution is -0.151. The third-order valence-electron chi connectivity index (χ3n) is 15.8. The number of nitrogens with zero attached hydrogens (tertiary/aromatic N) is 3. The predicted molar refractivity (Wildman–Crippen MR) is 306 cm³/mol. The summed E-state index contributed by atoms with van der Waals surface area (Å²) in [5.74, 6) is -16.2. The molecule has 0 unspecified atom stereocenters. The van der Waals surface area contributed by atoms with Crippen LogP contribution >= 0.6 is 0 Å². The van der Waals surface area contributed by atoms with Crippen molar-refractivity contribution in [2.75, 3.05) is 19.7 Å². The van der Waals surface area contributed by atoms with Crippen LogP contribution in [0.5, 0.6) is 17.2 Å². The fourth-order valence-electron chi connectivity index (χ4n) is 10.9. The molecule has 0 bridgehead atoms. The topological polar surface area (TPSA) is 486 Å². The van der Waals surface area contributed by atoms with Gasteiger partial charge in [-0.25, -0.2) is 0 Å². The van der Waals surface area contributed by atoms with Crippen LogP contribution in [-0.2, 0) is 44.0 Å². The summed E-state index contributed by atoms with van der Waals surface area (Å²) in [7, 11) is -5.33. The molecule has 1 aromatic heterocycles. The molecule has 3 aliphatic heterocycles. The van der Waals surface area contributed by atoms with Gasteiger partial charge < -0.3 is 90.9 Å². The van der Waals surface area contributed by atoms with Crippen molar-refractivity contribution in [2.45, 2.75) is 145 Å². The first-order valence-electron chi connectivity index (χ1n) is 28.6. The molecule has 15 atom stereocenters. The van der Waals surface area contributed by atoms with Crippen LogP contribution in [0, 0.1) is 17.8 Å². The molecule has 4 heterocycles. The van der Waals surface area contributed by atoms with E-state index in [1.165, 1.54) is 31.2 Å². The number of carbonyl (C=O) groups is 8. The average Bonchev–Trinajstić information content (AvgIpc) is 2.76. The number of hydrogen-bond acceptors (Lipinski definition) is 23. The van der Waals surface area contributed by atoms with Crippen LogP contribution in [-0.4, -0.2) is 208 Å². The number of Topliss-reactive ketones (excluding diaryl/α,β-unsaturated/α-hetero) is 2. The van der Waals surface area contributed by atoms with E-state index in [-0.39, 0.29) is 5.56 Å². The minimum absolute atomic E-state index is 0.0946. The van der Waals surface area contributed by atoms with E-state index in [1.54, 1.807) is 30.3 Å². The highest BCUT2D eigenvalue weighted by Gasteiger charge is 2.51. The van der Waals surface area contributed by atoms with Crippen LogP contribution in [0.1, 0.15) is 94.2 Å². The van der Waals surface area contributed by atoms with E-state index in [0.717, 1.165) is 43.2 Å². The highest BCUT2D eigenvalue weighted by molar-refractivity contribution is 7.81. The number of amides is 6. The SMILES string of the molecule is CCCCCOc1ccc(-c2cc(-c3ccc(C(=O)N[C@H]4C[C@@H](O)[C@@H](O)NC(=O)[C@@H]5[C@@H](O)[C@@H](C)CN5C(=O)[C@H]([C@H](O)CC(N)=O)CC(=O)[C@H]([C@H](O)[C@@H](O)c5ccc(O)c(OS(=O)(=O)O)c5)CC(=O)[C@@H]5C[C@@H](O)CN5C(=O)[C@H]([C@@H](C)O)NC4=O)cc3)no2)cc1. The number of benzene rings is 3. The molecule has 3 fully saturated rings. The van der Waals surface area contributed by atoms with E-state index in [9.17, 15) is 97.3 Å². The monoisotopic (exact) mass is 1270 g/mol. The second kappa shape index (κ2) is 29.6. The number of ketones is 2. The second-order valence-electron chi connectivity index (χ2n) is 22.5. The van der Waals surface area contributed by atoms with E-state index >= 15 is 0 Å². The van der Waals surface area contributed by atoms with Crippen LogP contribution < -0.4 is 30.6 Å². The Balaban J connectivity index is 1.22. The number of hydrogen-bond donors (Lipinski definition) is 14. The zero-order chi connectivity index (χ0) is 65.3. The summed E-state index contributed by atoms with van der Waals surface area (Å²) in [5.41, 5.74) is 6.31. The highest BCUT2D eigenvalue weighted by atomic mass is 32.3. The van der Waals surface area contributed by atoms with Gasteiger partial charge in [0, 0.05) is 67.4 Å². The molecule has 6 amide bonds. The summed E-state index contributed by atoms with van der Waals surface area (Å²) < 4.78 is 48.2. The predicted octanol–water partition coefficient (Wildman–Crippen LogP) is -1.72. The van der Waals surface area contributed by atoms with Crippen molar-refractivity contribution in [3.8, 4) is 39.8 Å². The molecule has 0 spiro atoms. The maximum atomic E-state index is 14.8. The van der Waals surface area contributed by atoms with Crippen molar-refractivity contribution in [2.24, 2.45) is 23.5 Å². The Bertz CT molecular complexity index is 3330. The smallest absolute Gasteiger partial charge is 0.446 e. The number of aliphatic hydroxyl groups is 8. The molecule has 0 aliphatic carbocycles. The summed E-state index contributed by atoms with van der Waals surface area (Å²) in [6.45, 7) is 3.91. The molecule has 3 saturated heterocycles. The van der Waals surface area contributed by atoms with Gasteiger partial charge in [-0.1, -0.05) is 50.0 Å². The quantitative estimate of drug-likeness (QED) is 0.0389. The molecule has 15 N–H and O–H groups in total. The zero-order valence-corrected chi connectivity index (χ0v) is 49.3. The molecule has 7 rings (SSSR count). The fraction of sp³-hybridized carbons (Fsp3) is 0.500. The van der Waals surface area contributed by atoms with Crippen molar-refractivity contribution < 1.29 is 111 Å². The summed E-state index contributed by atoms with van der Waals surface area (Å²) in [6, 6.07) is 9.00. The van der Waals surface area contributed by atoms with Gasteiger partial charge in [-0.2, -0.15) is 8.42 Å². The maximum Gasteiger partial charge on any atom is 0.446 e. The van der Waals surface area contributed by atoms with Crippen LogP contribution in [0.4, 0.5) is 0 Å². The fourth-order valence-corrected chi connectivity index (χ4v) is 11.3. The van der Waals surface area contributed by atoms with Crippen molar-refractivity contribution >= 4 is 57.4 Å². The molecule has 0 radical (unpaired) electrons. The average molecular weight is 1270 g/mol. The first-order valence-corrected chi connectivity index (χ1v) is 29.9. The molecule has 30 nitrogen and oxygen atoms in total. The summed E-state index contributed by atoms with van der Waals surface area (Å²) in [5, 5.41) is 113. The first-order chi connectivity index (χ1) is 42.0. The number of rotatable bonds is 18. The van der Waals surface area contributed by atoms with Crippen molar-refractivity contribution in [3.63, 3.8) is 0 Å². The third-order valence-corrected chi connectivity index (χ3v) is 16.2. The minimum atomic E-state index is -5.33.